The van der Waals surface area contributed by atoms with E-state index in [4.69, 9.17) is 11.6 Å². The van der Waals surface area contributed by atoms with Gasteiger partial charge in [0.25, 0.3) is 0 Å². The fraction of sp³-hybridized carbons (Fsp3) is 0.600. The van der Waals surface area contributed by atoms with Crippen molar-refractivity contribution >= 4 is 11.6 Å². The van der Waals surface area contributed by atoms with Crippen LogP contribution in [0.2, 0.25) is 5.02 Å². The molecule has 0 aliphatic heterocycles. The third kappa shape index (κ3) is 4.44. The number of aromatic nitrogens is 2. The lowest BCUT2D eigenvalue weighted by atomic mass is 10.4. The summed E-state index contributed by atoms with van der Waals surface area (Å²) in [4.78, 5) is 14.9. The van der Waals surface area contributed by atoms with Crippen LogP contribution in [-0.2, 0) is 6.54 Å². The molecule has 1 rings (SSSR count). The van der Waals surface area contributed by atoms with E-state index in [1.54, 1.807) is 6.20 Å². The van der Waals surface area contributed by atoms with Crippen LogP contribution in [0.5, 0.6) is 0 Å². The Labute approximate surface area is 94.3 Å². The van der Waals surface area contributed by atoms with Gasteiger partial charge in [0.1, 0.15) is 0 Å². The van der Waals surface area contributed by atoms with Crippen LogP contribution in [0.3, 0.4) is 0 Å². The van der Waals surface area contributed by atoms with E-state index in [0.717, 1.165) is 25.9 Å². The molecule has 0 radical (unpaired) electrons. The summed E-state index contributed by atoms with van der Waals surface area (Å²) in [6, 6.07) is 0. The molecule has 0 fully saturated rings. The van der Waals surface area contributed by atoms with Crippen molar-refractivity contribution in [2.24, 2.45) is 0 Å². The van der Waals surface area contributed by atoms with E-state index in [1.807, 2.05) is 0 Å². The van der Waals surface area contributed by atoms with Crippen molar-refractivity contribution in [1.82, 2.24) is 14.9 Å². The Balaban J connectivity index is 2.37. The Morgan fingerprint density at radius 1 is 1.53 bits per heavy atom. The highest BCUT2D eigenvalue weighted by molar-refractivity contribution is 6.30. The van der Waals surface area contributed by atoms with Gasteiger partial charge in [0.15, 0.2) is 0 Å². The lowest BCUT2D eigenvalue weighted by Gasteiger charge is -2.05. The number of aryl methyl sites for hydroxylation is 1. The standard InChI is InChI=1S/C10H16ClN3O/c1-2-4-12-5-3-6-14-8-9(11)7-13-10(14)15/h7-8,12H,2-6H2,1H3. The van der Waals surface area contributed by atoms with Crippen LogP contribution >= 0.6 is 11.6 Å². The van der Waals surface area contributed by atoms with E-state index in [2.05, 4.69) is 17.2 Å². The van der Waals surface area contributed by atoms with Crippen molar-refractivity contribution in [3.05, 3.63) is 27.9 Å². The molecule has 5 heteroatoms. The highest BCUT2D eigenvalue weighted by Crippen LogP contribution is 2.01. The van der Waals surface area contributed by atoms with E-state index in [-0.39, 0.29) is 5.69 Å². The van der Waals surface area contributed by atoms with Gasteiger partial charge in [-0.2, -0.15) is 0 Å². The molecule has 0 bridgehead atoms. The fourth-order valence-electron chi connectivity index (χ4n) is 1.26. The first-order chi connectivity index (χ1) is 7.24. The molecular weight excluding hydrogens is 214 g/mol. The summed E-state index contributed by atoms with van der Waals surface area (Å²) in [5.41, 5.74) is -0.241. The van der Waals surface area contributed by atoms with Crippen molar-refractivity contribution in [2.45, 2.75) is 26.3 Å². The average Bonchev–Trinajstić information content (AvgIpc) is 2.23. The van der Waals surface area contributed by atoms with Gasteiger partial charge in [0.05, 0.1) is 11.2 Å². The Hall–Kier alpha value is -0.870. The molecule has 0 saturated carbocycles. The van der Waals surface area contributed by atoms with Crippen LogP contribution in [0, 0.1) is 0 Å². The van der Waals surface area contributed by atoms with Gasteiger partial charge < -0.3 is 5.32 Å². The fourth-order valence-corrected chi connectivity index (χ4v) is 1.43. The summed E-state index contributed by atoms with van der Waals surface area (Å²) in [6.07, 6.45) is 5.02. The van der Waals surface area contributed by atoms with E-state index in [1.165, 1.54) is 10.8 Å². The highest BCUT2D eigenvalue weighted by Gasteiger charge is 1.97. The predicted octanol–water partition coefficient (Wildman–Crippen LogP) is 1.29. The Bertz CT molecular complexity index is 351. The zero-order valence-corrected chi connectivity index (χ0v) is 9.63. The summed E-state index contributed by atoms with van der Waals surface area (Å²) in [5.74, 6) is 0. The van der Waals surface area contributed by atoms with E-state index in [0.29, 0.717) is 11.6 Å². The van der Waals surface area contributed by atoms with Crippen molar-refractivity contribution in [3.63, 3.8) is 0 Å². The molecule has 0 spiro atoms. The van der Waals surface area contributed by atoms with E-state index < -0.39 is 0 Å². The minimum Gasteiger partial charge on any atom is -0.317 e. The molecule has 1 N–H and O–H groups in total. The number of hydrogen-bond donors (Lipinski definition) is 1. The first kappa shape index (κ1) is 12.2. The summed E-state index contributed by atoms with van der Waals surface area (Å²) in [7, 11) is 0. The van der Waals surface area contributed by atoms with Gasteiger partial charge in [0, 0.05) is 12.7 Å². The molecule has 0 unspecified atom stereocenters. The summed E-state index contributed by atoms with van der Waals surface area (Å²) in [5, 5.41) is 3.77. The third-order valence-electron chi connectivity index (χ3n) is 2.00. The summed E-state index contributed by atoms with van der Waals surface area (Å²) < 4.78 is 1.54. The molecular formula is C10H16ClN3O. The van der Waals surface area contributed by atoms with Crippen LogP contribution in [0.15, 0.2) is 17.2 Å². The molecule has 15 heavy (non-hydrogen) atoms. The SMILES string of the molecule is CCCNCCCn1cc(Cl)cnc1=O. The van der Waals surface area contributed by atoms with Gasteiger partial charge >= 0.3 is 5.69 Å². The molecule has 0 saturated heterocycles. The Morgan fingerprint density at radius 3 is 3.07 bits per heavy atom. The normalized spacial score (nSPS) is 10.5. The number of hydrogen-bond acceptors (Lipinski definition) is 3. The maximum Gasteiger partial charge on any atom is 0.347 e. The minimum absolute atomic E-state index is 0.241. The maximum atomic E-state index is 11.3. The van der Waals surface area contributed by atoms with Crippen LogP contribution in [0.25, 0.3) is 0 Å². The summed E-state index contributed by atoms with van der Waals surface area (Å²) >= 11 is 5.74. The van der Waals surface area contributed by atoms with E-state index >= 15 is 0 Å². The molecule has 1 heterocycles. The molecule has 0 aromatic carbocycles. The lowest BCUT2D eigenvalue weighted by molar-refractivity contribution is 0.561. The molecule has 0 atom stereocenters. The second kappa shape index (κ2) is 6.58. The predicted molar refractivity (Wildman–Crippen MR) is 61.3 cm³/mol. The molecule has 1 aromatic heterocycles. The van der Waals surface area contributed by atoms with Crippen LogP contribution in [-0.4, -0.2) is 22.6 Å². The van der Waals surface area contributed by atoms with Gasteiger partial charge in [-0.25, -0.2) is 9.78 Å². The largest absolute Gasteiger partial charge is 0.347 e. The topological polar surface area (TPSA) is 46.9 Å². The number of nitrogens with zero attached hydrogens (tertiary/aromatic N) is 2. The second-order valence-electron chi connectivity index (χ2n) is 3.35. The van der Waals surface area contributed by atoms with Crippen molar-refractivity contribution in [1.29, 1.82) is 0 Å². The number of halogens is 1. The van der Waals surface area contributed by atoms with Gasteiger partial charge in [-0.15, -0.1) is 0 Å². The molecule has 1 aromatic rings. The first-order valence-electron chi connectivity index (χ1n) is 5.16. The molecule has 84 valence electrons. The third-order valence-corrected chi connectivity index (χ3v) is 2.20. The van der Waals surface area contributed by atoms with Crippen LogP contribution in [0.4, 0.5) is 0 Å². The van der Waals surface area contributed by atoms with Gasteiger partial charge in [-0.3, -0.25) is 4.57 Å². The maximum absolute atomic E-state index is 11.3. The van der Waals surface area contributed by atoms with Gasteiger partial charge in [-0.05, 0) is 25.9 Å². The zero-order valence-electron chi connectivity index (χ0n) is 8.87. The average molecular weight is 230 g/mol. The van der Waals surface area contributed by atoms with Gasteiger partial charge in [0.2, 0.25) is 0 Å². The second-order valence-corrected chi connectivity index (χ2v) is 3.79. The smallest absolute Gasteiger partial charge is 0.317 e. The van der Waals surface area contributed by atoms with Crippen molar-refractivity contribution in [2.75, 3.05) is 13.1 Å². The minimum atomic E-state index is -0.241. The molecule has 4 nitrogen and oxygen atoms in total. The molecule has 0 amide bonds. The Morgan fingerprint density at radius 2 is 2.33 bits per heavy atom. The van der Waals surface area contributed by atoms with Crippen molar-refractivity contribution < 1.29 is 0 Å². The summed E-state index contributed by atoms with van der Waals surface area (Å²) in [6.45, 7) is 4.71. The zero-order chi connectivity index (χ0) is 11.1. The number of rotatable bonds is 6. The number of nitrogens with one attached hydrogen (secondary N) is 1. The molecule has 0 aliphatic carbocycles. The molecule has 0 aliphatic rings. The van der Waals surface area contributed by atoms with Crippen LogP contribution < -0.4 is 11.0 Å². The first-order valence-corrected chi connectivity index (χ1v) is 5.54. The lowest BCUT2D eigenvalue weighted by Crippen LogP contribution is -2.24. The van der Waals surface area contributed by atoms with Gasteiger partial charge in [-0.1, -0.05) is 18.5 Å². The monoisotopic (exact) mass is 229 g/mol. The van der Waals surface area contributed by atoms with Crippen molar-refractivity contribution in [3.8, 4) is 0 Å². The quantitative estimate of drug-likeness (QED) is 0.748. The van der Waals surface area contributed by atoms with Crippen LogP contribution in [0.1, 0.15) is 19.8 Å². The van der Waals surface area contributed by atoms with E-state index in [9.17, 15) is 4.79 Å². The Kier molecular flexibility index (Phi) is 5.36. The highest BCUT2D eigenvalue weighted by atomic mass is 35.5.